The molecule has 18 heavy (non-hydrogen) atoms. The van der Waals surface area contributed by atoms with Gasteiger partial charge in [0, 0.05) is 11.6 Å². The molecule has 2 aromatic rings. The van der Waals surface area contributed by atoms with E-state index in [9.17, 15) is 0 Å². The van der Waals surface area contributed by atoms with Gasteiger partial charge in [-0.05, 0) is 37.6 Å². The van der Waals surface area contributed by atoms with Gasteiger partial charge in [0.05, 0.1) is 12.4 Å². The van der Waals surface area contributed by atoms with Crippen molar-refractivity contribution in [2.24, 2.45) is 5.73 Å². The second-order valence-corrected chi connectivity index (χ2v) is 4.36. The summed E-state index contributed by atoms with van der Waals surface area (Å²) < 4.78 is 7.61. The fourth-order valence-corrected chi connectivity index (χ4v) is 1.84. The van der Waals surface area contributed by atoms with Gasteiger partial charge in [-0.1, -0.05) is 17.7 Å². The monoisotopic (exact) mass is 265 g/mol. The lowest BCUT2D eigenvalue weighted by Gasteiger charge is -2.09. The second-order valence-electron chi connectivity index (χ2n) is 3.92. The maximum absolute atomic E-state index is 5.98. The van der Waals surface area contributed by atoms with Gasteiger partial charge in [-0.3, -0.25) is 4.68 Å². The van der Waals surface area contributed by atoms with Crippen molar-refractivity contribution in [2.75, 3.05) is 6.54 Å². The summed E-state index contributed by atoms with van der Waals surface area (Å²) in [5.41, 5.74) is 6.63. The molecule has 0 aliphatic carbocycles. The molecule has 0 fully saturated rings. The summed E-state index contributed by atoms with van der Waals surface area (Å²) in [6.07, 6.45) is 4.30. The lowest BCUT2D eigenvalue weighted by molar-refractivity contribution is 0.475. The number of ether oxygens (including phenoxy) is 1. The van der Waals surface area contributed by atoms with E-state index in [2.05, 4.69) is 5.10 Å². The Kier molecular flexibility index (Phi) is 4.23. The minimum atomic E-state index is 0.576. The molecule has 0 unspecified atom stereocenters. The number of aryl methyl sites for hydroxylation is 1. The average Bonchev–Trinajstić information content (AvgIpc) is 2.80. The zero-order chi connectivity index (χ0) is 13.0. The predicted molar refractivity (Wildman–Crippen MR) is 72.2 cm³/mol. The molecular formula is C13H16ClN3O. The number of aromatic nitrogens is 2. The van der Waals surface area contributed by atoms with Crippen LogP contribution in [0.5, 0.6) is 11.5 Å². The summed E-state index contributed by atoms with van der Waals surface area (Å²) >= 11 is 5.98. The highest BCUT2D eigenvalue weighted by Gasteiger charge is 2.07. The van der Waals surface area contributed by atoms with Gasteiger partial charge >= 0.3 is 0 Å². The Morgan fingerprint density at radius 1 is 1.44 bits per heavy atom. The SMILES string of the molecule is CCn1cc(Oc2cc(Cl)ccc2CCN)cn1. The third kappa shape index (κ3) is 3.03. The van der Waals surface area contributed by atoms with Crippen LogP contribution in [0.2, 0.25) is 5.02 Å². The van der Waals surface area contributed by atoms with Crippen LogP contribution in [0.25, 0.3) is 0 Å². The fraction of sp³-hybridized carbons (Fsp3) is 0.308. The fourth-order valence-electron chi connectivity index (χ4n) is 1.68. The summed E-state index contributed by atoms with van der Waals surface area (Å²) in [6.45, 7) is 3.41. The van der Waals surface area contributed by atoms with Crippen LogP contribution in [0, 0.1) is 0 Å². The molecule has 0 atom stereocenters. The molecule has 1 aromatic carbocycles. The lowest BCUT2D eigenvalue weighted by Crippen LogP contribution is -2.04. The first-order chi connectivity index (χ1) is 8.72. The van der Waals surface area contributed by atoms with Crippen LogP contribution in [-0.2, 0) is 13.0 Å². The molecule has 0 saturated heterocycles. The largest absolute Gasteiger partial charge is 0.454 e. The van der Waals surface area contributed by atoms with Gasteiger partial charge in [0.1, 0.15) is 5.75 Å². The predicted octanol–water partition coefficient (Wildman–Crippen LogP) is 2.85. The Hall–Kier alpha value is -1.52. The van der Waals surface area contributed by atoms with E-state index < -0.39 is 0 Å². The Morgan fingerprint density at radius 2 is 2.28 bits per heavy atom. The maximum Gasteiger partial charge on any atom is 0.165 e. The van der Waals surface area contributed by atoms with Crippen molar-refractivity contribution in [1.29, 1.82) is 0 Å². The Labute approximate surface area is 111 Å². The third-order valence-electron chi connectivity index (χ3n) is 2.60. The van der Waals surface area contributed by atoms with E-state index in [0.717, 1.165) is 24.3 Å². The third-order valence-corrected chi connectivity index (χ3v) is 2.84. The van der Waals surface area contributed by atoms with Crippen molar-refractivity contribution in [2.45, 2.75) is 19.9 Å². The van der Waals surface area contributed by atoms with E-state index in [4.69, 9.17) is 22.1 Å². The number of nitrogens with zero attached hydrogens (tertiary/aromatic N) is 2. The van der Waals surface area contributed by atoms with E-state index in [1.165, 1.54) is 0 Å². The Bertz CT molecular complexity index is 525. The zero-order valence-corrected chi connectivity index (χ0v) is 11.0. The maximum atomic E-state index is 5.98. The van der Waals surface area contributed by atoms with Gasteiger partial charge in [-0.2, -0.15) is 5.10 Å². The van der Waals surface area contributed by atoms with Crippen molar-refractivity contribution in [3.05, 3.63) is 41.2 Å². The molecular weight excluding hydrogens is 250 g/mol. The number of benzene rings is 1. The molecule has 0 spiro atoms. The molecule has 2 N–H and O–H groups in total. The first-order valence-electron chi connectivity index (χ1n) is 5.91. The van der Waals surface area contributed by atoms with Crippen LogP contribution in [0.15, 0.2) is 30.6 Å². The van der Waals surface area contributed by atoms with Crippen molar-refractivity contribution < 1.29 is 4.74 Å². The summed E-state index contributed by atoms with van der Waals surface area (Å²) in [6, 6.07) is 5.58. The Balaban J connectivity index is 2.23. The van der Waals surface area contributed by atoms with Crippen LogP contribution in [0.3, 0.4) is 0 Å². The number of hydrogen-bond acceptors (Lipinski definition) is 3. The number of nitrogens with two attached hydrogens (primary N) is 1. The summed E-state index contributed by atoms with van der Waals surface area (Å²) in [5.74, 6) is 1.45. The van der Waals surface area contributed by atoms with Crippen molar-refractivity contribution >= 4 is 11.6 Å². The first kappa shape index (κ1) is 12.9. The highest BCUT2D eigenvalue weighted by atomic mass is 35.5. The van der Waals surface area contributed by atoms with Crippen LogP contribution >= 0.6 is 11.6 Å². The first-order valence-corrected chi connectivity index (χ1v) is 6.29. The zero-order valence-electron chi connectivity index (χ0n) is 10.3. The minimum absolute atomic E-state index is 0.576. The van der Waals surface area contributed by atoms with E-state index >= 15 is 0 Å². The van der Waals surface area contributed by atoms with Crippen LogP contribution < -0.4 is 10.5 Å². The van der Waals surface area contributed by atoms with E-state index in [1.54, 1.807) is 12.3 Å². The van der Waals surface area contributed by atoms with Gasteiger partial charge in [0.25, 0.3) is 0 Å². The molecule has 1 aromatic heterocycles. The van der Waals surface area contributed by atoms with Gasteiger partial charge in [0.15, 0.2) is 5.75 Å². The van der Waals surface area contributed by atoms with Gasteiger partial charge in [-0.15, -0.1) is 0 Å². The second kappa shape index (κ2) is 5.89. The molecule has 0 saturated carbocycles. The molecule has 2 rings (SSSR count). The van der Waals surface area contributed by atoms with Gasteiger partial charge < -0.3 is 10.5 Å². The topological polar surface area (TPSA) is 53.1 Å². The average molecular weight is 266 g/mol. The van der Waals surface area contributed by atoms with Gasteiger partial charge in [-0.25, -0.2) is 0 Å². The molecule has 1 heterocycles. The standard InChI is InChI=1S/C13H16ClN3O/c1-2-17-9-12(8-16-17)18-13-7-11(14)4-3-10(13)5-6-15/h3-4,7-9H,2,5-6,15H2,1H3. The van der Waals surface area contributed by atoms with Crippen LogP contribution in [-0.4, -0.2) is 16.3 Å². The van der Waals surface area contributed by atoms with E-state index in [0.29, 0.717) is 17.3 Å². The number of rotatable bonds is 5. The molecule has 0 bridgehead atoms. The van der Waals surface area contributed by atoms with Crippen LogP contribution in [0.4, 0.5) is 0 Å². The van der Waals surface area contributed by atoms with Crippen LogP contribution in [0.1, 0.15) is 12.5 Å². The van der Waals surface area contributed by atoms with Crippen molar-refractivity contribution in [3.8, 4) is 11.5 Å². The number of halogens is 1. The lowest BCUT2D eigenvalue weighted by atomic mass is 10.1. The van der Waals surface area contributed by atoms with Crippen molar-refractivity contribution in [1.82, 2.24) is 9.78 Å². The highest BCUT2D eigenvalue weighted by molar-refractivity contribution is 6.30. The minimum Gasteiger partial charge on any atom is -0.454 e. The van der Waals surface area contributed by atoms with Crippen molar-refractivity contribution in [3.63, 3.8) is 0 Å². The molecule has 96 valence electrons. The van der Waals surface area contributed by atoms with E-state index in [-0.39, 0.29) is 0 Å². The summed E-state index contributed by atoms with van der Waals surface area (Å²) in [4.78, 5) is 0. The smallest absolute Gasteiger partial charge is 0.165 e. The molecule has 0 aliphatic heterocycles. The highest BCUT2D eigenvalue weighted by Crippen LogP contribution is 2.28. The molecule has 0 aliphatic rings. The van der Waals surface area contributed by atoms with E-state index in [1.807, 2.05) is 29.9 Å². The Morgan fingerprint density at radius 3 is 2.94 bits per heavy atom. The summed E-state index contributed by atoms with van der Waals surface area (Å²) in [7, 11) is 0. The summed E-state index contributed by atoms with van der Waals surface area (Å²) in [5, 5.41) is 4.81. The molecule has 4 nitrogen and oxygen atoms in total. The van der Waals surface area contributed by atoms with Gasteiger partial charge in [0.2, 0.25) is 0 Å². The molecule has 0 radical (unpaired) electrons. The number of hydrogen-bond donors (Lipinski definition) is 1. The molecule has 0 amide bonds. The molecule has 5 heteroatoms. The normalized spacial score (nSPS) is 10.6. The quantitative estimate of drug-likeness (QED) is 0.904.